The number of hydrogen-bond donors (Lipinski definition) is 0. The van der Waals surface area contributed by atoms with Crippen molar-refractivity contribution in [3.05, 3.63) is 29.8 Å². The zero-order chi connectivity index (χ0) is 17.4. The van der Waals surface area contributed by atoms with E-state index < -0.39 is 0 Å². The molecule has 0 N–H and O–H groups in total. The highest BCUT2D eigenvalue weighted by atomic mass is 16.5. The van der Waals surface area contributed by atoms with E-state index in [-0.39, 0.29) is 5.92 Å². The molecule has 2 heterocycles. The van der Waals surface area contributed by atoms with E-state index in [0.29, 0.717) is 23.9 Å². The number of benzene rings is 1. The molecule has 0 aromatic heterocycles. The van der Waals surface area contributed by atoms with Gasteiger partial charge >= 0.3 is 0 Å². The molecule has 0 bridgehead atoms. The largest absolute Gasteiger partial charge is 0.497 e. The van der Waals surface area contributed by atoms with Gasteiger partial charge in [0.15, 0.2) is 0 Å². The van der Waals surface area contributed by atoms with E-state index >= 15 is 0 Å². The van der Waals surface area contributed by atoms with Crippen molar-refractivity contribution in [2.24, 2.45) is 5.92 Å². The minimum atomic E-state index is 0.200. The van der Waals surface area contributed by atoms with Gasteiger partial charge in [0, 0.05) is 24.5 Å². The topological polar surface area (TPSA) is 32.8 Å². The van der Waals surface area contributed by atoms with E-state index in [4.69, 9.17) is 4.74 Å². The molecule has 4 rings (SSSR count). The smallest absolute Gasteiger partial charge is 0.226 e. The third-order valence-corrected chi connectivity index (χ3v) is 6.50. The molecule has 4 nitrogen and oxygen atoms in total. The summed E-state index contributed by atoms with van der Waals surface area (Å²) in [6.45, 7) is 5.53. The van der Waals surface area contributed by atoms with Gasteiger partial charge in [-0.15, -0.1) is 0 Å². The number of nitrogens with zero attached hydrogens (tertiary/aromatic N) is 2. The Hall–Kier alpha value is -1.55. The molecule has 3 fully saturated rings. The van der Waals surface area contributed by atoms with Crippen LogP contribution in [-0.4, -0.2) is 54.5 Å². The van der Waals surface area contributed by atoms with Crippen LogP contribution in [-0.2, 0) is 4.79 Å². The highest BCUT2D eigenvalue weighted by Crippen LogP contribution is 2.49. The lowest BCUT2D eigenvalue weighted by Gasteiger charge is -2.34. The highest BCUT2D eigenvalue weighted by molar-refractivity contribution is 5.83. The van der Waals surface area contributed by atoms with Gasteiger partial charge in [0.05, 0.1) is 7.11 Å². The van der Waals surface area contributed by atoms with Gasteiger partial charge in [-0.25, -0.2) is 0 Å². The maximum absolute atomic E-state index is 13.2. The highest BCUT2D eigenvalue weighted by Gasteiger charge is 2.49. The van der Waals surface area contributed by atoms with E-state index in [1.807, 2.05) is 12.1 Å². The Balaban J connectivity index is 1.42. The molecule has 0 spiro atoms. The third kappa shape index (κ3) is 3.17. The molecule has 2 aliphatic heterocycles. The van der Waals surface area contributed by atoms with Crippen molar-refractivity contribution in [3.8, 4) is 5.75 Å². The van der Waals surface area contributed by atoms with E-state index in [9.17, 15) is 4.79 Å². The van der Waals surface area contributed by atoms with Gasteiger partial charge in [0.1, 0.15) is 5.75 Å². The number of carbonyl (C=O) groups is 1. The molecule has 1 aromatic carbocycles. The molecule has 0 radical (unpaired) electrons. The lowest BCUT2D eigenvalue weighted by Crippen LogP contribution is -2.48. The van der Waals surface area contributed by atoms with Crippen LogP contribution in [0.25, 0.3) is 0 Å². The first kappa shape index (κ1) is 16.9. The van der Waals surface area contributed by atoms with Crippen LogP contribution < -0.4 is 4.74 Å². The summed E-state index contributed by atoms with van der Waals surface area (Å²) in [5.41, 5.74) is 1.28. The normalized spacial score (nSPS) is 32.2. The van der Waals surface area contributed by atoms with Crippen LogP contribution in [0.15, 0.2) is 24.3 Å². The molecular weight excluding hydrogens is 312 g/mol. The van der Waals surface area contributed by atoms with Crippen molar-refractivity contribution >= 4 is 5.91 Å². The lowest BCUT2D eigenvalue weighted by molar-refractivity contribution is -0.134. The summed E-state index contributed by atoms with van der Waals surface area (Å²) in [5.74, 6) is 1.90. The molecular formula is C21H30N2O2. The average molecular weight is 342 g/mol. The number of amides is 1. The third-order valence-electron chi connectivity index (χ3n) is 6.50. The Morgan fingerprint density at radius 1 is 1.12 bits per heavy atom. The van der Waals surface area contributed by atoms with Crippen LogP contribution in [0.5, 0.6) is 5.75 Å². The average Bonchev–Trinajstić information content (AvgIpc) is 3.07. The first-order valence-corrected chi connectivity index (χ1v) is 9.91. The van der Waals surface area contributed by atoms with Gasteiger partial charge in [0.25, 0.3) is 0 Å². The Bertz CT molecular complexity index is 615. The van der Waals surface area contributed by atoms with E-state index in [1.165, 1.54) is 37.8 Å². The summed E-state index contributed by atoms with van der Waals surface area (Å²) in [5, 5.41) is 0. The SMILES string of the molecule is CCN1CCCC1C1CCCN1C(=O)C1CC1c1ccc(OC)cc1. The first-order valence-electron chi connectivity index (χ1n) is 9.91. The van der Waals surface area contributed by atoms with E-state index in [2.05, 4.69) is 28.9 Å². The zero-order valence-electron chi connectivity index (χ0n) is 15.5. The van der Waals surface area contributed by atoms with Crippen LogP contribution in [0.4, 0.5) is 0 Å². The number of rotatable bonds is 5. The fourth-order valence-corrected chi connectivity index (χ4v) is 5.05. The van der Waals surface area contributed by atoms with Crippen molar-refractivity contribution in [1.82, 2.24) is 9.80 Å². The summed E-state index contributed by atoms with van der Waals surface area (Å²) in [6, 6.07) is 9.29. The fourth-order valence-electron chi connectivity index (χ4n) is 5.05. The summed E-state index contributed by atoms with van der Waals surface area (Å²) in [7, 11) is 1.69. The Morgan fingerprint density at radius 3 is 2.56 bits per heavy atom. The molecule has 25 heavy (non-hydrogen) atoms. The Morgan fingerprint density at radius 2 is 1.84 bits per heavy atom. The summed E-state index contributed by atoms with van der Waals surface area (Å²) in [6.07, 6.45) is 5.91. The maximum Gasteiger partial charge on any atom is 0.226 e. The van der Waals surface area contributed by atoms with Crippen molar-refractivity contribution in [2.75, 3.05) is 26.7 Å². The summed E-state index contributed by atoms with van der Waals surface area (Å²) < 4.78 is 5.24. The van der Waals surface area contributed by atoms with Gasteiger partial charge in [-0.1, -0.05) is 19.1 Å². The predicted molar refractivity (Wildman–Crippen MR) is 98.8 cm³/mol. The number of ether oxygens (including phenoxy) is 1. The van der Waals surface area contributed by atoms with Crippen molar-refractivity contribution in [3.63, 3.8) is 0 Å². The first-order chi connectivity index (χ1) is 12.2. The minimum absolute atomic E-state index is 0.200. The van der Waals surface area contributed by atoms with Crippen LogP contribution >= 0.6 is 0 Å². The molecule has 4 unspecified atom stereocenters. The van der Waals surface area contributed by atoms with Crippen LogP contribution in [0.2, 0.25) is 0 Å². The summed E-state index contributed by atoms with van der Waals surface area (Å²) >= 11 is 0. The van der Waals surface area contributed by atoms with E-state index in [0.717, 1.165) is 25.3 Å². The van der Waals surface area contributed by atoms with Gasteiger partial charge in [-0.3, -0.25) is 9.69 Å². The predicted octanol–water partition coefficient (Wildman–Crippen LogP) is 3.27. The number of carbonyl (C=O) groups excluding carboxylic acids is 1. The second-order valence-electron chi connectivity index (χ2n) is 7.80. The van der Waals surface area contributed by atoms with Crippen molar-refractivity contribution < 1.29 is 9.53 Å². The maximum atomic E-state index is 13.2. The van der Waals surface area contributed by atoms with Crippen molar-refractivity contribution in [1.29, 1.82) is 0 Å². The number of methoxy groups -OCH3 is 1. The quantitative estimate of drug-likeness (QED) is 0.823. The summed E-state index contributed by atoms with van der Waals surface area (Å²) in [4.78, 5) is 18.0. The molecule has 4 heteroatoms. The zero-order valence-corrected chi connectivity index (χ0v) is 15.5. The number of likely N-dealkylation sites (N-methyl/N-ethyl adjacent to an activating group) is 1. The van der Waals surface area contributed by atoms with Crippen LogP contribution in [0.3, 0.4) is 0 Å². The molecule has 136 valence electrons. The standard InChI is InChI=1S/C21H30N2O2/c1-3-22-12-4-6-19(22)20-7-5-13-23(20)21(24)18-14-17(18)15-8-10-16(25-2)11-9-15/h8-11,17-20H,3-7,12-14H2,1-2H3. The number of likely N-dealkylation sites (tertiary alicyclic amines) is 2. The molecule has 3 aliphatic rings. The Labute approximate surface area is 151 Å². The van der Waals surface area contributed by atoms with Gasteiger partial charge in [0.2, 0.25) is 5.91 Å². The van der Waals surface area contributed by atoms with Crippen LogP contribution in [0.1, 0.15) is 50.5 Å². The lowest BCUT2D eigenvalue weighted by atomic mass is 10.0. The monoisotopic (exact) mass is 342 g/mol. The van der Waals surface area contributed by atoms with E-state index in [1.54, 1.807) is 7.11 Å². The molecule has 1 amide bonds. The van der Waals surface area contributed by atoms with Gasteiger partial charge in [-0.2, -0.15) is 0 Å². The molecule has 1 aliphatic carbocycles. The van der Waals surface area contributed by atoms with Crippen molar-refractivity contribution in [2.45, 2.75) is 57.0 Å². The molecule has 4 atom stereocenters. The Kier molecular flexibility index (Phi) is 4.72. The fraction of sp³-hybridized carbons (Fsp3) is 0.667. The number of hydrogen-bond acceptors (Lipinski definition) is 3. The minimum Gasteiger partial charge on any atom is -0.497 e. The molecule has 1 aromatic rings. The second kappa shape index (κ2) is 6.99. The van der Waals surface area contributed by atoms with Crippen LogP contribution in [0, 0.1) is 5.92 Å². The second-order valence-corrected chi connectivity index (χ2v) is 7.80. The van der Waals surface area contributed by atoms with Gasteiger partial charge in [-0.05, 0) is 68.8 Å². The molecule has 2 saturated heterocycles. The molecule has 1 saturated carbocycles. The van der Waals surface area contributed by atoms with Gasteiger partial charge < -0.3 is 9.64 Å².